The largest absolute Gasteiger partial charge is 0.357 e. The predicted molar refractivity (Wildman–Crippen MR) is 102 cm³/mol. The number of hydrogen-bond donors (Lipinski definition) is 1. The van der Waals surface area contributed by atoms with Gasteiger partial charge in [0.05, 0.1) is 0 Å². The molecule has 1 aliphatic heterocycles. The number of rotatable bonds is 4. The number of anilines is 1. The van der Waals surface area contributed by atoms with Gasteiger partial charge in [0.1, 0.15) is 5.82 Å². The third-order valence-corrected chi connectivity index (χ3v) is 5.04. The number of hydrogen-bond acceptors (Lipinski definition) is 3. The number of aryl methyl sites for hydroxylation is 3. The highest BCUT2D eigenvalue weighted by molar-refractivity contribution is 5.97. The van der Waals surface area contributed by atoms with E-state index in [1.165, 1.54) is 5.56 Å². The second-order valence-corrected chi connectivity index (χ2v) is 7.10. The van der Waals surface area contributed by atoms with Crippen molar-refractivity contribution in [3.8, 4) is 0 Å². The second-order valence-electron chi connectivity index (χ2n) is 7.10. The maximum Gasteiger partial charge on any atom is 0.251 e. The van der Waals surface area contributed by atoms with Crippen LogP contribution in [-0.4, -0.2) is 30.5 Å². The lowest BCUT2D eigenvalue weighted by Gasteiger charge is -2.32. The minimum absolute atomic E-state index is 0.0576. The maximum atomic E-state index is 12.6. The number of carbonyl (C=O) groups excluding carboxylic acids is 1. The molecule has 0 aliphatic carbocycles. The normalized spacial score (nSPS) is 15.2. The van der Waals surface area contributed by atoms with E-state index in [0.717, 1.165) is 55.0 Å². The molecule has 0 saturated carbocycles. The molecule has 0 unspecified atom stereocenters. The third-order valence-electron chi connectivity index (χ3n) is 5.04. The molecular weight excluding hydrogens is 310 g/mol. The number of carbonyl (C=O) groups is 1. The van der Waals surface area contributed by atoms with Crippen molar-refractivity contribution in [3.63, 3.8) is 0 Å². The standard InChI is InChI=1S/C21H27N3O/c1-15-12-16(2)20(17(3)13-15)21(25)23-14-18-7-10-24(11-8-18)19-6-4-5-9-22-19/h4-6,9,12-13,18H,7-8,10-11,14H2,1-3H3,(H,23,25). The predicted octanol–water partition coefficient (Wildman–Crippen LogP) is 3.65. The molecule has 25 heavy (non-hydrogen) atoms. The first-order valence-electron chi connectivity index (χ1n) is 9.06. The van der Waals surface area contributed by atoms with Crippen LogP contribution in [0, 0.1) is 26.7 Å². The van der Waals surface area contributed by atoms with Gasteiger partial charge >= 0.3 is 0 Å². The summed E-state index contributed by atoms with van der Waals surface area (Å²) in [4.78, 5) is 19.3. The van der Waals surface area contributed by atoms with Crippen molar-refractivity contribution in [2.75, 3.05) is 24.5 Å². The van der Waals surface area contributed by atoms with Crippen LogP contribution in [0.2, 0.25) is 0 Å². The molecule has 0 spiro atoms. The SMILES string of the molecule is Cc1cc(C)c(C(=O)NCC2CCN(c3ccccn3)CC2)c(C)c1. The van der Waals surface area contributed by atoms with Crippen molar-refractivity contribution in [1.29, 1.82) is 0 Å². The fraction of sp³-hybridized carbons (Fsp3) is 0.429. The van der Waals surface area contributed by atoms with Gasteiger partial charge in [-0.3, -0.25) is 4.79 Å². The van der Waals surface area contributed by atoms with Crippen molar-refractivity contribution in [2.24, 2.45) is 5.92 Å². The highest BCUT2D eigenvalue weighted by Crippen LogP contribution is 2.21. The highest BCUT2D eigenvalue weighted by atomic mass is 16.1. The molecule has 132 valence electrons. The molecule has 0 bridgehead atoms. The molecule has 1 N–H and O–H groups in total. The van der Waals surface area contributed by atoms with E-state index in [0.29, 0.717) is 5.92 Å². The highest BCUT2D eigenvalue weighted by Gasteiger charge is 2.21. The van der Waals surface area contributed by atoms with E-state index in [1.807, 2.05) is 32.2 Å². The topological polar surface area (TPSA) is 45.2 Å². The lowest BCUT2D eigenvalue weighted by Crippen LogP contribution is -2.39. The van der Waals surface area contributed by atoms with E-state index >= 15 is 0 Å². The zero-order valence-electron chi connectivity index (χ0n) is 15.4. The van der Waals surface area contributed by atoms with Gasteiger partial charge in [0.25, 0.3) is 5.91 Å². The van der Waals surface area contributed by atoms with E-state index < -0.39 is 0 Å². The fourth-order valence-corrected chi connectivity index (χ4v) is 3.77. The van der Waals surface area contributed by atoms with Crippen molar-refractivity contribution in [2.45, 2.75) is 33.6 Å². The van der Waals surface area contributed by atoms with Crippen molar-refractivity contribution < 1.29 is 4.79 Å². The summed E-state index contributed by atoms with van der Waals surface area (Å²) in [5.41, 5.74) is 4.14. The van der Waals surface area contributed by atoms with Crippen LogP contribution in [0.4, 0.5) is 5.82 Å². The van der Waals surface area contributed by atoms with E-state index in [4.69, 9.17) is 0 Å². The smallest absolute Gasteiger partial charge is 0.251 e. The molecule has 3 rings (SSSR count). The summed E-state index contributed by atoms with van der Waals surface area (Å²) in [5, 5.41) is 3.15. The van der Waals surface area contributed by atoms with E-state index in [2.05, 4.69) is 40.3 Å². The first-order chi connectivity index (χ1) is 12.0. The molecule has 1 aromatic heterocycles. The molecule has 2 heterocycles. The fourth-order valence-electron chi connectivity index (χ4n) is 3.77. The van der Waals surface area contributed by atoms with Gasteiger partial charge in [-0.1, -0.05) is 23.8 Å². The molecular formula is C21H27N3O. The van der Waals surface area contributed by atoms with Gasteiger partial charge in [-0.2, -0.15) is 0 Å². The number of nitrogens with one attached hydrogen (secondary N) is 1. The third kappa shape index (κ3) is 4.19. The molecule has 1 saturated heterocycles. The Morgan fingerprint density at radius 3 is 2.44 bits per heavy atom. The second kappa shape index (κ2) is 7.68. The van der Waals surface area contributed by atoms with Gasteiger partial charge in [-0.15, -0.1) is 0 Å². The van der Waals surface area contributed by atoms with Gasteiger partial charge in [0.2, 0.25) is 0 Å². The number of pyridine rings is 1. The van der Waals surface area contributed by atoms with Crippen molar-refractivity contribution >= 4 is 11.7 Å². The molecule has 4 nitrogen and oxygen atoms in total. The Morgan fingerprint density at radius 1 is 1.16 bits per heavy atom. The first-order valence-corrected chi connectivity index (χ1v) is 9.06. The van der Waals surface area contributed by atoms with Crippen LogP contribution < -0.4 is 10.2 Å². The van der Waals surface area contributed by atoms with Crippen LogP contribution >= 0.6 is 0 Å². The van der Waals surface area contributed by atoms with Crippen LogP contribution in [-0.2, 0) is 0 Å². The molecule has 0 radical (unpaired) electrons. The Morgan fingerprint density at radius 2 is 1.84 bits per heavy atom. The average molecular weight is 337 g/mol. The van der Waals surface area contributed by atoms with Gasteiger partial charge < -0.3 is 10.2 Å². The molecule has 1 fully saturated rings. The van der Waals surface area contributed by atoms with E-state index in [9.17, 15) is 4.79 Å². The Labute approximate surface area is 150 Å². The molecule has 1 aromatic carbocycles. The molecule has 0 atom stereocenters. The summed E-state index contributed by atoms with van der Waals surface area (Å²) in [6.07, 6.45) is 4.01. The maximum absolute atomic E-state index is 12.6. The Kier molecular flexibility index (Phi) is 5.37. The number of benzene rings is 1. The van der Waals surface area contributed by atoms with Crippen LogP contribution in [0.3, 0.4) is 0 Å². The zero-order valence-corrected chi connectivity index (χ0v) is 15.4. The minimum atomic E-state index is 0.0576. The van der Waals surface area contributed by atoms with Crippen LogP contribution in [0.25, 0.3) is 0 Å². The number of amides is 1. The molecule has 2 aromatic rings. The quantitative estimate of drug-likeness (QED) is 0.926. The van der Waals surface area contributed by atoms with Gasteiger partial charge in [0.15, 0.2) is 0 Å². The molecule has 4 heteroatoms. The van der Waals surface area contributed by atoms with E-state index in [1.54, 1.807) is 0 Å². The van der Waals surface area contributed by atoms with Crippen molar-refractivity contribution in [3.05, 3.63) is 58.8 Å². The minimum Gasteiger partial charge on any atom is -0.357 e. The Balaban J connectivity index is 1.53. The van der Waals surface area contributed by atoms with Crippen molar-refractivity contribution in [1.82, 2.24) is 10.3 Å². The monoisotopic (exact) mass is 337 g/mol. The molecule has 1 aliphatic rings. The summed E-state index contributed by atoms with van der Waals surface area (Å²) in [5.74, 6) is 1.65. The first kappa shape index (κ1) is 17.5. The summed E-state index contributed by atoms with van der Waals surface area (Å²) < 4.78 is 0. The van der Waals surface area contributed by atoms with Crippen LogP contribution in [0.5, 0.6) is 0 Å². The number of aromatic nitrogens is 1. The van der Waals surface area contributed by atoms with E-state index in [-0.39, 0.29) is 5.91 Å². The summed E-state index contributed by atoms with van der Waals surface area (Å²) >= 11 is 0. The summed E-state index contributed by atoms with van der Waals surface area (Å²) in [6, 6.07) is 10.2. The zero-order chi connectivity index (χ0) is 17.8. The van der Waals surface area contributed by atoms with Crippen LogP contribution in [0.1, 0.15) is 39.9 Å². The average Bonchev–Trinajstić information content (AvgIpc) is 2.60. The lowest BCUT2D eigenvalue weighted by atomic mass is 9.95. The van der Waals surface area contributed by atoms with Gasteiger partial charge in [-0.25, -0.2) is 4.98 Å². The number of piperidine rings is 1. The Bertz CT molecular complexity index is 711. The lowest BCUT2D eigenvalue weighted by molar-refractivity contribution is 0.0943. The Hall–Kier alpha value is -2.36. The van der Waals surface area contributed by atoms with Crippen LogP contribution in [0.15, 0.2) is 36.5 Å². The summed E-state index contributed by atoms with van der Waals surface area (Å²) in [7, 11) is 0. The number of nitrogens with zero attached hydrogens (tertiary/aromatic N) is 2. The molecule has 1 amide bonds. The van der Waals surface area contributed by atoms with Gasteiger partial charge in [0, 0.05) is 31.4 Å². The summed E-state index contributed by atoms with van der Waals surface area (Å²) in [6.45, 7) is 8.85. The van der Waals surface area contributed by atoms with Gasteiger partial charge in [-0.05, 0) is 62.8 Å².